The van der Waals surface area contributed by atoms with Crippen LogP contribution < -0.4 is 9.64 Å². The molecule has 27 heavy (non-hydrogen) atoms. The van der Waals surface area contributed by atoms with Gasteiger partial charge in [-0.25, -0.2) is 4.98 Å². The molecule has 144 valence electrons. The molecule has 1 aromatic carbocycles. The molecule has 1 aliphatic rings. The van der Waals surface area contributed by atoms with Crippen molar-refractivity contribution in [3.63, 3.8) is 0 Å². The fraction of sp³-hybridized carbons (Fsp3) is 0.429. The van der Waals surface area contributed by atoms with Gasteiger partial charge in [0.25, 0.3) is 5.91 Å². The van der Waals surface area contributed by atoms with Gasteiger partial charge in [0.05, 0.1) is 5.02 Å². The summed E-state index contributed by atoms with van der Waals surface area (Å²) in [7, 11) is 0. The number of aromatic nitrogens is 1. The van der Waals surface area contributed by atoms with E-state index in [1.807, 2.05) is 42.2 Å². The maximum Gasteiger partial charge on any atom is 0.263 e. The highest BCUT2D eigenvalue weighted by Crippen LogP contribution is 2.22. The van der Waals surface area contributed by atoms with E-state index in [1.165, 1.54) is 5.56 Å². The maximum atomic E-state index is 12.8. The number of nitrogens with zero attached hydrogens (tertiary/aromatic N) is 3. The van der Waals surface area contributed by atoms with Gasteiger partial charge in [0.15, 0.2) is 6.10 Å². The van der Waals surface area contributed by atoms with Crippen molar-refractivity contribution in [3.05, 3.63) is 53.2 Å². The fourth-order valence-electron chi connectivity index (χ4n) is 3.17. The molecule has 0 radical (unpaired) electrons. The molecule has 6 heteroatoms. The topological polar surface area (TPSA) is 45.7 Å². The van der Waals surface area contributed by atoms with Crippen LogP contribution in [0.4, 0.5) is 5.82 Å². The second kappa shape index (κ2) is 8.61. The SMILES string of the molecule is CC(Oc1cccc(C(C)C)c1)C(=O)N1CCN(c2ccc(Cl)cn2)CC1. The van der Waals surface area contributed by atoms with Crippen LogP contribution in [0.15, 0.2) is 42.6 Å². The van der Waals surface area contributed by atoms with Gasteiger partial charge in [-0.05, 0) is 42.7 Å². The zero-order valence-electron chi connectivity index (χ0n) is 16.1. The summed E-state index contributed by atoms with van der Waals surface area (Å²) in [6.07, 6.45) is 1.14. The Morgan fingerprint density at radius 1 is 1.11 bits per heavy atom. The van der Waals surface area contributed by atoms with Crippen LogP contribution in [0.3, 0.4) is 0 Å². The maximum absolute atomic E-state index is 12.8. The molecule has 3 rings (SSSR count). The van der Waals surface area contributed by atoms with Crippen LogP contribution in [0.2, 0.25) is 5.02 Å². The van der Waals surface area contributed by atoms with Crippen molar-refractivity contribution < 1.29 is 9.53 Å². The van der Waals surface area contributed by atoms with Gasteiger partial charge in [-0.15, -0.1) is 0 Å². The van der Waals surface area contributed by atoms with Crippen molar-refractivity contribution in [2.45, 2.75) is 32.8 Å². The number of anilines is 1. The van der Waals surface area contributed by atoms with Gasteiger partial charge in [-0.3, -0.25) is 4.79 Å². The Bertz CT molecular complexity index is 771. The molecule has 1 fully saturated rings. The van der Waals surface area contributed by atoms with Crippen LogP contribution in [0, 0.1) is 0 Å². The van der Waals surface area contributed by atoms with Gasteiger partial charge < -0.3 is 14.5 Å². The molecule has 0 bridgehead atoms. The summed E-state index contributed by atoms with van der Waals surface area (Å²) in [5.74, 6) is 2.08. The van der Waals surface area contributed by atoms with E-state index in [-0.39, 0.29) is 5.91 Å². The molecule has 1 atom stereocenters. The minimum absolute atomic E-state index is 0.0219. The predicted molar refractivity (Wildman–Crippen MR) is 109 cm³/mol. The number of halogens is 1. The van der Waals surface area contributed by atoms with Gasteiger partial charge in [0.2, 0.25) is 0 Å². The number of carbonyl (C=O) groups is 1. The van der Waals surface area contributed by atoms with Crippen LogP contribution in [0.25, 0.3) is 0 Å². The molecule has 0 aliphatic carbocycles. The third-order valence-electron chi connectivity index (χ3n) is 4.81. The van der Waals surface area contributed by atoms with Crippen molar-refractivity contribution in [3.8, 4) is 5.75 Å². The first kappa shape index (κ1) is 19.5. The third kappa shape index (κ3) is 4.92. The molecular weight excluding hydrogens is 362 g/mol. The highest BCUT2D eigenvalue weighted by Gasteiger charge is 2.26. The Hall–Kier alpha value is -2.27. The van der Waals surface area contributed by atoms with Crippen LogP contribution in [-0.4, -0.2) is 48.1 Å². The fourth-order valence-corrected chi connectivity index (χ4v) is 3.28. The normalized spacial score (nSPS) is 15.7. The first-order chi connectivity index (χ1) is 12.9. The van der Waals surface area contributed by atoms with Gasteiger partial charge in [-0.2, -0.15) is 0 Å². The summed E-state index contributed by atoms with van der Waals surface area (Å²) in [6, 6.07) is 11.7. The van der Waals surface area contributed by atoms with Crippen molar-refractivity contribution in [1.29, 1.82) is 0 Å². The Morgan fingerprint density at radius 2 is 1.85 bits per heavy atom. The summed E-state index contributed by atoms with van der Waals surface area (Å²) in [6.45, 7) is 8.90. The minimum Gasteiger partial charge on any atom is -0.481 e. The monoisotopic (exact) mass is 387 g/mol. The van der Waals surface area contributed by atoms with Crippen LogP contribution in [0.5, 0.6) is 5.75 Å². The van der Waals surface area contributed by atoms with Crippen molar-refractivity contribution in [2.75, 3.05) is 31.1 Å². The summed E-state index contributed by atoms with van der Waals surface area (Å²) < 4.78 is 5.91. The lowest BCUT2D eigenvalue weighted by molar-refractivity contribution is -0.138. The van der Waals surface area contributed by atoms with E-state index in [0.29, 0.717) is 24.0 Å². The molecule has 1 amide bonds. The summed E-state index contributed by atoms with van der Waals surface area (Å²) in [5.41, 5.74) is 1.20. The Labute approximate surface area is 165 Å². The molecule has 2 aromatic rings. The first-order valence-electron chi connectivity index (χ1n) is 9.36. The zero-order valence-corrected chi connectivity index (χ0v) is 16.8. The molecular formula is C21H26ClN3O2. The van der Waals surface area contributed by atoms with E-state index in [4.69, 9.17) is 16.3 Å². The number of ether oxygens (including phenoxy) is 1. The quantitative estimate of drug-likeness (QED) is 0.778. The molecule has 2 heterocycles. The van der Waals surface area contributed by atoms with Crippen LogP contribution in [0.1, 0.15) is 32.3 Å². The smallest absolute Gasteiger partial charge is 0.263 e. The van der Waals surface area contributed by atoms with Crippen molar-refractivity contribution in [2.24, 2.45) is 0 Å². The van der Waals surface area contributed by atoms with Crippen molar-refractivity contribution in [1.82, 2.24) is 9.88 Å². The van der Waals surface area contributed by atoms with Crippen molar-refractivity contribution >= 4 is 23.3 Å². The molecule has 0 spiro atoms. The van der Waals surface area contributed by atoms with E-state index >= 15 is 0 Å². The zero-order chi connectivity index (χ0) is 19.4. The number of pyridine rings is 1. The van der Waals surface area contributed by atoms with E-state index < -0.39 is 6.10 Å². The summed E-state index contributed by atoms with van der Waals surface area (Å²) in [5, 5.41) is 0.625. The lowest BCUT2D eigenvalue weighted by Crippen LogP contribution is -2.52. The number of hydrogen-bond donors (Lipinski definition) is 0. The number of amides is 1. The highest BCUT2D eigenvalue weighted by atomic mass is 35.5. The molecule has 0 saturated carbocycles. The van der Waals surface area contributed by atoms with E-state index in [2.05, 4.69) is 29.8 Å². The van der Waals surface area contributed by atoms with E-state index in [0.717, 1.165) is 24.7 Å². The second-order valence-electron chi connectivity index (χ2n) is 7.13. The number of piperazine rings is 1. The summed E-state index contributed by atoms with van der Waals surface area (Å²) in [4.78, 5) is 21.1. The lowest BCUT2D eigenvalue weighted by atomic mass is 10.0. The highest BCUT2D eigenvalue weighted by molar-refractivity contribution is 6.30. The van der Waals surface area contributed by atoms with Gasteiger partial charge in [0.1, 0.15) is 11.6 Å². The molecule has 5 nitrogen and oxygen atoms in total. The number of carbonyl (C=O) groups excluding carboxylic acids is 1. The van der Waals surface area contributed by atoms with Gasteiger partial charge in [-0.1, -0.05) is 37.6 Å². The minimum atomic E-state index is -0.507. The largest absolute Gasteiger partial charge is 0.481 e. The third-order valence-corrected chi connectivity index (χ3v) is 5.04. The Balaban J connectivity index is 1.55. The Kier molecular flexibility index (Phi) is 6.22. The molecule has 1 aliphatic heterocycles. The summed E-state index contributed by atoms with van der Waals surface area (Å²) >= 11 is 5.90. The molecule has 1 unspecified atom stereocenters. The van der Waals surface area contributed by atoms with Gasteiger partial charge in [0, 0.05) is 32.4 Å². The average molecular weight is 388 g/mol. The van der Waals surface area contributed by atoms with Gasteiger partial charge >= 0.3 is 0 Å². The van der Waals surface area contributed by atoms with E-state index in [9.17, 15) is 4.79 Å². The Morgan fingerprint density at radius 3 is 2.48 bits per heavy atom. The molecule has 0 N–H and O–H groups in total. The lowest BCUT2D eigenvalue weighted by Gasteiger charge is -2.36. The second-order valence-corrected chi connectivity index (χ2v) is 7.57. The molecule has 1 aromatic heterocycles. The molecule has 1 saturated heterocycles. The number of hydrogen-bond acceptors (Lipinski definition) is 4. The standard InChI is InChI=1S/C21H26ClN3O2/c1-15(2)17-5-4-6-19(13-17)27-16(3)21(26)25-11-9-24(10-12-25)20-8-7-18(22)14-23-20/h4-8,13-16H,9-12H2,1-3H3. The number of rotatable bonds is 5. The first-order valence-corrected chi connectivity index (χ1v) is 9.73. The number of benzene rings is 1. The average Bonchev–Trinajstić information content (AvgIpc) is 2.68. The van der Waals surface area contributed by atoms with E-state index in [1.54, 1.807) is 6.20 Å². The van der Waals surface area contributed by atoms with Crippen LogP contribution >= 0.6 is 11.6 Å². The van der Waals surface area contributed by atoms with Crippen LogP contribution in [-0.2, 0) is 4.79 Å². The predicted octanol–water partition coefficient (Wildman–Crippen LogP) is 3.97.